The summed E-state index contributed by atoms with van der Waals surface area (Å²) in [5, 5.41) is 7.18. The van der Waals surface area contributed by atoms with Crippen molar-refractivity contribution < 1.29 is 4.79 Å². The Morgan fingerprint density at radius 1 is 1.16 bits per heavy atom. The highest BCUT2D eigenvalue weighted by Crippen LogP contribution is 2.39. The average molecular weight is 447 g/mol. The molecule has 0 aliphatic heterocycles. The van der Waals surface area contributed by atoms with Crippen LogP contribution in [0.25, 0.3) is 11.2 Å². The fourth-order valence-corrected chi connectivity index (χ4v) is 4.12. The zero-order valence-corrected chi connectivity index (χ0v) is 17.8. The van der Waals surface area contributed by atoms with Gasteiger partial charge < -0.3 is 13.7 Å². The van der Waals surface area contributed by atoms with Gasteiger partial charge in [0.25, 0.3) is 5.91 Å². The van der Waals surface area contributed by atoms with E-state index in [2.05, 4.69) is 32.4 Å². The van der Waals surface area contributed by atoms with Crippen molar-refractivity contribution in [2.75, 3.05) is 0 Å². The second-order valence-corrected chi connectivity index (χ2v) is 8.48. The Balaban J connectivity index is 1.34. The van der Waals surface area contributed by atoms with Gasteiger partial charge in [0.15, 0.2) is 0 Å². The number of H-pyrrole nitrogens is 1. The summed E-state index contributed by atoms with van der Waals surface area (Å²) in [5.41, 5.74) is 4.54. The number of hydrogen-bond donors (Lipinski definition) is 1. The lowest BCUT2D eigenvalue weighted by molar-refractivity contribution is 0.0715. The van der Waals surface area contributed by atoms with E-state index in [9.17, 15) is 4.79 Å². The number of rotatable bonds is 6. The van der Waals surface area contributed by atoms with E-state index in [-0.39, 0.29) is 18.3 Å². The Morgan fingerprint density at radius 3 is 2.88 bits per heavy atom. The van der Waals surface area contributed by atoms with Crippen molar-refractivity contribution in [2.45, 2.75) is 31.8 Å². The molecule has 9 nitrogen and oxygen atoms in total. The molecule has 0 atom stereocenters. The zero-order chi connectivity index (χ0) is 21.7. The molecule has 1 saturated carbocycles. The van der Waals surface area contributed by atoms with Crippen LogP contribution >= 0.6 is 11.6 Å². The van der Waals surface area contributed by atoms with Gasteiger partial charge in [0, 0.05) is 23.6 Å². The van der Waals surface area contributed by atoms with Crippen molar-refractivity contribution in [3.63, 3.8) is 0 Å². The molecular weight excluding hydrogens is 428 g/mol. The Morgan fingerprint density at radius 2 is 2.06 bits per heavy atom. The van der Waals surface area contributed by atoms with Crippen LogP contribution < -0.4 is 0 Å². The van der Waals surface area contributed by atoms with Crippen LogP contribution in [0.3, 0.4) is 0 Å². The molecule has 1 aliphatic carbocycles. The van der Waals surface area contributed by atoms with E-state index in [1.54, 1.807) is 17.3 Å². The van der Waals surface area contributed by atoms with Gasteiger partial charge in [-0.1, -0.05) is 17.7 Å². The number of amides is 1. The quantitative estimate of drug-likeness (QED) is 0.430. The molecule has 0 aromatic carbocycles. The molecule has 1 aliphatic rings. The molecule has 0 radical (unpaired) electrons. The van der Waals surface area contributed by atoms with Crippen LogP contribution in [-0.4, -0.2) is 44.8 Å². The largest absolute Gasteiger partial charge is 0.324 e. The highest BCUT2D eigenvalue weighted by molar-refractivity contribution is 6.30. The van der Waals surface area contributed by atoms with E-state index >= 15 is 0 Å². The van der Waals surface area contributed by atoms with Crippen LogP contribution in [0.15, 0.2) is 55.5 Å². The summed E-state index contributed by atoms with van der Waals surface area (Å²) < 4.78 is 3.91. The molecule has 0 unspecified atom stereocenters. The molecule has 0 bridgehead atoms. The minimum atomic E-state index is -0.301. The molecule has 5 aromatic heterocycles. The standard InChI is InChI=1S/C22H19ClN8O/c23-16-5-6-29-13-25-18(19(29)7-16)11-31(22(32)21-24-12-26-28-21)10-17-9-30-8-15(14-1-2-14)3-4-20(30)27-17/h3-9,12-14H,1-2,10-11H2,(H,24,26,28). The Bertz CT molecular complexity index is 1430. The number of aromatic nitrogens is 7. The van der Waals surface area contributed by atoms with Gasteiger partial charge in [0.2, 0.25) is 5.82 Å². The first kappa shape index (κ1) is 19.0. The van der Waals surface area contributed by atoms with Gasteiger partial charge in [-0.25, -0.2) is 15.0 Å². The lowest BCUT2D eigenvalue weighted by Crippen LogP contribution is -2.31. The van der Waals surface area contributed by atoms with Gasteiger partial charge in [-0.05, 0) is 42.5 Å². The molecule has 32 heavy (non-hydrogen) atoms. The first-order chi connectivity index (χ1) is 15.6. The smallest absolute Gasteiger partial charge is 0.294 e. The number of nitrogens with zero attached hydrogens (tertiary/aromatic N) is 7. The number of imidazole rings is 2. The van der Waals surface area contributed by atoms with Crippen LogP contribution in [-0.2, 0) is 13.1 Å². The monoisotopic (exact) mass is 446 g/mol. The summed E-state index contributed by atoms with van der Waals surface area (Å²) in [6, 6.07) is 7.80. The number of pyridine rings is 2. The number of aromatic amines is 1. The topological polar surface area (TPSA) is 96.5 Å². The van der Waals surface area contributed by atoms with Crippen LogP contribution in [0.2, 0.25) is 5.02 Å². The van der Waals surface area contributed by atoms with Gasteiger partial charge in [-0.3, -0.25) is 9.89 Å². The van der Waals surface area contributed by atoms with Crippen molar-refractivity contribution in [3.05, 3.63) is 83.3 Å². The summed E-state index contributed by atoms with van der Waals surface area (Å²) in [4.78, 5) is 28.1. The van der Waals surface area contributed by atoms with E-state index in [0.29, 0.717) is 17.5 Å². The maximum Gasteiger partial charge on any atom is 0.294 e. The van der Waals surface area contributed by atoms with E-state index in [1.807, 2.05) is 33.3 Å². The van der Waals surface area contributed by atoms with Gasteiger partial charge in [0.05, 0.1) is 36.3 Å². The minimum Gasteiger partial charge on any atom is -0.324 e. The predicted molar refractivity (Wildman–Crippen MR) is 117 cm³/mol. The maximum atomic E-state index is 13.2. The number of nitrogens with one attached hydrogen (secondary N) is 1. The Hall–Kier alpha value is -3.72. The number of fused-ring (bicyclic) bond motifs is 2. The highest BCUT2D eigenvalue weighted by atomic mass is 35.5. The summed E-state index contributed by atoms with van der Waals surface area (Å²) >= 11 is 6.18. The Kier molecular flexibility index (Phi) is 4.43. The fraction of sp³-hybridized carbons (Fsp3) is 0.227. The fourth-order valence-electron chi connectivity index (χ4n) is 3.96. The first-order valence-corrected chi connectivity index (χ1v) is 10.8. The molecule has 1 fully saturated rings. The van der Waals surface area contributed by atoms with Crippen LogP contribution in [0.5, 0.6) is 0 Å². The number of carbonyl (C=O) groups is 1. The highest BCUT2D eigenvalue weighted by Gasteiger charge is 2.25. The molecule has 0 spiro atoms. The van der Waals surface area contributed by atoms with Gasteiger partial charge in [0.1, 0.15) is 12.0 Å². The van der Waals surface area contributed by atoms with Crippen molar-refractivity contribution in [2.24, 2.45) is 0 Å². The minimum absolute atomic E-state index is 0.103. The predicted octanol–water partition coefficient (Wildman–Crippen LogP) is 3.47. The second-order valence-electron chi connectivity index (χ2n) is 8.05. The lowest BCUT2D eigenvalue weighted by Gasteiger charge is -2.19. The molecular formula is C22H19ClN8O. The van der Waals surface area contributed by atoms with Crippen LogP contribution in [0.4, 0.5) is 0 Å². The number of carbonyl (C=O) groups excluding carboxylic acids is 1. The molecule has 1 N–H and O–H groups in total. The normalized spacial score (nSPS) is 13.8. The van der Waals surface area contributed by atoms with Gasteiger partial charge >= 0.3 is 0 Å². The van der Waals surface area contributed by atoms with Crippen LogP contribution in [0, 0.1) is 0 Å². The zero-order valence-electron chi connectivity index (χ0n) is 17.0. The molecule has 5 heterocycles. The molecule has 10 heteroatoms. The second kappa shape index (κ2) is 7.45. The third-order valence-corrected chi connectivity index (χ3v) is 5.98. The van der Waals surface area contributed by atoms with Crippen molar-refractivity contribution in [1.29, 1.82) is 0 Å². The molecule has 1 amide bonds. The molecule has 0 saturated heterocycles. The average Bonchev–Trinajstić information content (AvgIpc) is 3.19. The van der Waals surface area contributed by atoms with E-state index in [0.717, 1.165) is 22.6 Å². The molecule has 160 valence electrons. The SMILES string of the molecule is O=C(c1nc[nH]n1)N(Cc1cn2cc(C3CC3)ccc2n1)Cc1ncn2ccc(Cl)cc12. The third-order valence-electron chi connectivity index (χ3n) is 5.74. The summed E-state index contributed by atoms with van der Waals surface area (Å²) in [7, 11) is 0. The number of halogens is 1. The van der Waals surface area contributed by atoms with Crippen molar-refractivity contribution in [1.82, 2.24) is 38.9 Å². The Labute approximate surface area is 187 Å². The van der Waals surface area contributed by atoms with E-state index in [1.165, 1.54) is 24.7 Å². The summed E-state index contributed by atoms with van der Waals surface area (Å²) in [6.45, 7) is 0.568. The first-order valence-electron chi connectivity index (χ1n) is 10.4. The molecule has 5 aromatic rings. The van der Waals surface area contributed by atoms with E-state index in [4.69, 9.17) is 16.6 Å². The van der Waals surface area contributed by atoms with Crippen molar-refractivity contribution >= 4 is 28.7 Å². The van der Waals surface area contributed by atoms with Crippen LogP contribution in [0.1, 0.15) is 46.3 Å². The number of hydrogen-bond acceptors (Lipinski definition) is 5. The van der Waals surface area contributed by atoms with Gasteiger partial charge in [-0.15, -0.1) is 5.10 Å². The summed E-state index contributed by atoms with van der Waals surface area (Å²) in [5.74, 6) is 0.464. The van der Waals surface area contributed by atoms with E-state index < -0.39 is 0 Å². The third kappa shape index (κ3) is 3.50. The maximum absolute atomic E-state index is 13.2. The van der Waals surface area contributed by atoms with Gasteiger partial charge in [-0.2, -0.15) is 0 Å². The lowest BCUT2D eigenvalue weighted by atomic mass is 10.2. The van der Waals surface area contributed by atoms with Crippen molar-refractivity contribution in [3.8, 4) is 0 Å². The molecule has 6 rings (SSSR count). The summed E-state index contributed by atoms with van der Waals surface area (Å²) in [6.07, 6.45) is 11.5.